The molecule has 1 saturated heterocycles. The van der Waals surface area contributed by atoms with Gasteiger partial charge in [-0.05, 0) is 38.3 Å². The Hall–Kier alpha value is -2.13. The number of sulfonamides is 1. The van der Waals surface area contributed by atoms with Crippen LogP contribution in [-0.4, -0.2) is 56.2 Å². The van der Waals surface area contributed by atoms with Gasteiger partial charge in [-0.3, -0.25) is 10.2 Å². The molecule has 0 unspecified atom stereocenters. The number of carbonyl (C=O) groups excluding carboxylic acids is 2. The minimum Gasteiger partial charge on any atom is -0.326 e. The summed E-state index contributed by atoms with van der Waals surface area (Å²) in [6.07, 6.45) is 3.02. The van der Waals surface area contributed by atoms with Crippen molar-refractivity contribution in [3.63, 3.8) is 0 Å². The van der Waals surface area contributed by atoms with Crippen LogP contribution >= 0.6 is 0 Å². The third kappa shape index (κ3) is 5.68. The molecule has 0 spiro atoms. The number of hydrogen-bond donors (Lipinski definition) is 2. The Morgan fingerprint density at radius 1 is 1.21 bits per heavy atom. The maximum atomic E-state index is 12.8. The summed E-state index contributed by atoms with van der Waals surface area (Å²) in [6.45, 7) is 5.01. The Bertz CT molecular complexity index is 780. The van der Waals surface area contributed by atoms with Crippen molar-refractivity contribution < 1.29 is 18.0 Å². The van der Waals surface area contributed by atoms with Crippen molar-refractivity contribution in [1.29, 1.82) is 0 Å². The first-order chi connectivity index (χ1) is 13.3. The highest BCUT2D eigenvalue weighted by molar-refractivity contribution is 7.89. The number of unbranched alkanes of at least 4 members (excludes halogenated alkanes) is 1. The van der Waals surface area contributed by atoms with E-state index in [2.05, 4.69) is 10.9 Å². The fourth-order valence-electron chi connectivity index (χ4n) is 3.04. The molecule has 2 N–H and O–H groups in total. The maximum Gasteiger partial charge on any atom is 0.335 e. The number of piperidine rings is 1. The van der Waals surface area contributed by atoms with E-state index >= 15 is 0 Å². The van der Waals surface area contributed by atoms with Crippen molar-refractivity contribution in [1.82, 2.24) is 20.1 Å². The van der Waals surface area contributed by atoms with Crippen molar-refractivity contribution in [2.24, 2.45) is 5.92 Å². The lowest BCUT2D eigenvalue weighted by Gasteiger charge is -2.31. The number of nitrogens with zero attached hydrogens (tertiary/aromatic N) is 2. The Morgan fingerprint density at radius 3 is 2.54 bits per heavy atom. The van der Waals surface area contributed by atoms with Gasteiger partial charge in [0.2, 0.25) is 15.9 Å². The molecule has 1 aromatic carbocycles. The molecule has 0 saturated carbocycles. The number of aryl methyl sites for hydroxylation is 1. The van der Waals surface area contributed by atoms with Crippen LogP contribution in [0.25, 0.3) is 0 Å². The predicted molar refractivity (Wildman–Crippen MR) is 107 cm³/mol. The molecule has 1 aliphatic heterocycles. The molecule has 1 atom stereocenters. The van der Waals surface area contributed by atoms with E-state index in [1.165, 1.54) is 9.21 Å². The highest BCUT2D eigenvalue weighted by Crippen LogP contribution is 2.24. The summed E-state index contributed by atoms with van der Waals surface area (Å²) in [5, 5.41) is 0. The summed E-state index contributed by atoms with van der Waals surface area (Å²) >= 11 is 0. The lowest BCUT2D eigenvalue weighted by molar-refractivity contribution is -0.126. The van der Waals surface area contributed by atoms with Crippen LogP contribution in [0.5, 0.6) is 0 Å². The Labute approximate surface area is 167 Å². The van der Waals surface area contributed by atoms with Gasteiger partial charge in [0.25, 0.3) is 0 Å². The molecule has 1 heterocycles. The van der Waals surface area contributed by atoms with Crippen molar-refractivity contribution >= 4 is 22.0 Å². The third-order valence-electron chi connectivity index (χ3n) is 4.90. The molecule has 9 heteroatoms. The van der Waals surface area contributed by atoms with Crippen LogP contribution in [0.3, 0.4) is 0 Å². The van der Waals surface area contributed by atoms with Gasteiger partial charge in [-0.2, -0.15) is 4.31 Å². The van der Waals surface area contributed by atoms with E-state index in [0.717, 1.165) is 18.4 Å². The average Bonchev–Trinajstić information content (AvgIpc) is 2.70. The number of nitrogens with one attached hydrogen (secondary N) is 2. The summed E-state index contributed by atoms with van der Waals surface area (Å²) in [5.41, 5.74) is 5.81. The van der Waals surface area contributed by atoms with Crippen LogP contribution < -0.4 is 10.9 Å². The normalized spacial score (nSPS) is 17.8. The number of urea groups is 1. The molecule has 0 bridgehead atoms. The fourth-order valence-corrected chi connectivity index (χ4v) is 4.57. The maximum absolute atomic E-state index is 12.8. The molecule has 2 rings (SSSR count). The van der Waals surface area contributed by atoms with E-state index in [4.69, 9.17) is 0 Å². The molecule has 1 aliphatic rings. The van der Waals surface area contributed by atoms with E-state index in [1.807, 2.05) is 13.8 Å². The SMILES string of the molecule is CCCCN(C)C(=O)NNC(=O)[C@H]1CCCN(S(=O)(=O)c2ccc(C)cc2)C1. The van der Waals surface area contributed by atoms with Crippen LogP contribution in [0.2, 0.25) is 0 Å². The molecule has 1 aromatic rings. The van der Waals surface area contributed by atoms with E-state index in [0.29, 0.717) is 25.9 Å². The minimum absolute atomic E-state index is 0.101. The quantitative estimate of drug-likeness (QED) is 0.700. The second kappa shape index (κ2) is 9.88. The molecule has 0 aromatic heterocycles. The largest absolute Gasteiger partial charge is 0.335 e. The number of carbonyl (C=O) groups is 2. The standard InChI is InChI=1S/C19H30N4O4S/c1-4-5-12-22(3)19(25)21-20-18(24)16-7-6-13-23(14-16)28(26,27)17-10-8-15(2)9-11-17/h8-11,16H,4-7,12-14H2,1-3H3,(H,20,24)(H,21,25)/t16-/m0/s1. The summed E-state index contributed by atoms with van der Waals surface area (Å²) in [5.74, 6) is -0.878. The van der Waals surface area contributed by atoms with Gasteiger partial charge in [-0.25, -0.2) is 18.6 Å². The zero-order valence-corrected chi connectivity index (χ0v) is 17.6. The highest BCUT2D eigenvalue weighted by atomic mass is 32.2. The molecule has 3 amide bonds. The fraction of sp³-hybridized carbons (Fsp3) is 0.579. The molecule has 0 radical (unpaired) electrons. The zero-order valence-electron chi connectivity index (χ0n) is 16.8. The first-order valence-corrected chi connectivity index (χ1v) is 11.1. The molecular formula is C19H30N4O4S. The third-order valence-corrected chi connectivity index (χ3v) is 6.78. The van der Waals surface area contributed by atoms with Crippen LogP contribution in [0, 0.1) is 12.8 Å². The Kier molecular flexibility index (Phi) is 7.82. The summed E-state index contributed by atoms with van der Waals surface area (Å²) in [7, 11) is -1.98. The number of hydrogen-bond acceptors (Lipinski definition) is 4. The minimum atomic E-state index is -3.64. The topological polar surface area (TPSA) is 98.8 Å². The Morgan fingerprint density at radius 2 is 1.89 bits per heavy atom. The molecule has 28 heavy (non-hydrogen) atoms. The summed E-state index contributed by atoms with van der Waals surface area (Å²) in [4.78, 5) is 26.1. The molecule has 8 nitrogen and oxygen atoms in total. The van der Waals surface area contributed by atoms with Gasteiger partial charge < -0.3 is 4.90 Å². The van der Waals surface area contributed by atoms with E-state index in [9.17, 15) is 18.0 Å². The van der Waals surface area contributed by atoms with Gasteiger partial charge in [0.05, 0.1) is 10.8 Å². The molecule has 156 valence electrons. The average molecular weight is 411 g/mol. The van der Waals surface area contributed by atoms with E-state index in [-0.39, 0.29) is 23.4 Å². The zero-order chi connectivity index (χ0) is 20.7. The second-order valence-corrected chi connectivity index (χ2v) is 9.15. The summed E-state index contributed by atoms with van der Waals surface area (Å²) in [6, 6.07) is 6.29. The van der Waals surface area contributed by atoms with E-state index in [1.54, 1.807) is 31.3 Å². The molecule has 1 fully saturated rings. The van der Waals surface area contributed by atoms with Gasteiger partial charge in [-0.1, -0.05) is 31.0 Å². The first kappa shape index (κ1) is 22.2. The van der Waals surface area contributed by atoms with Gasteiger partial charge in [0.1, 0.15) is 0 Å². The van der Waals surface area contributed by atoms with Gasteiger partial charge in [0, 0.05) is 26.7 Å². The number of hydrazine groups is 1. The number of benzene rings is 1. The van der Waals surface area contributed by atoms with Gasteiger partial charge in [-0.15, -0.1) is 0 Å². The lowest BCUT2D eigenvalue weighted by Crippen LogP contribution is -2.52. The number of amides is 3. The van der Waals surface area contributed by atoms with Crippen LogP contribution in [-0.2, 0) is 14.8 Å². The molecular weight excluding hydrogens is 380 g/mol. The van der Waals surface area contributed by atoms with Crippen molar-refractivity contribution in [2.45, 2.75) is 44.4 Å². The van der Waals surface area contributed by atoms with Crippen LogP contribution in [0.4, 0.5) is 4.79 Å². The lowest BCUT2D eigenvalue weighted by atomic mass is 9.99. The van der Waals surface area contributed by atoms with Crippen LogP contribution in [0.1, 0.15) is 38.2 Å². The Balaban J connectivity index is 1.94. The van der Waals surface area contributed by atoms with Crippen molar-refractivity contribution in [3.8, 4) is 0 Å². The van der Waals surface area contributed by atoms with Gasteiger partial charge >= 0.3 is 6.03 Å². The van der Waals surface area contributed by atoms with Gasteiger partial charge in [0.15, 0.2) is 0 Å². The summed E-state index contributed by atoms with van der Waals surface area (Å²) < 4.78 is 27.0. The monoisotopic (exact) mass is 410 g/mol. The highest BCUT2D eigenvalue weighted by Gasteiger charge is 2.33. The van der Waals surface area contributed by atoms with E-state index < -0.39 is 15.9 Å². The smallest absolute Gasteiger partial charge is 0.326 e. The van der Waals surface area contributed by atoms with Crippen LogP contribution in [0.15, 0.2) is 29.2 Å². The molecule has 0 aliphatic carbocycles. The number of rotatable bonds is 6. The van der Waals surface area contributed by atoms with Crippen molar-refractivity contribution in [2.75, 3.05) is 26.7 Å². The second-order valence-electron chi connectivity index (χ2n) is 7.21. The first-order valence-electron chi connectivity index (χ1n) is 9.63. The predicted octanol–water partition coefficient (Wildman–Crippen LogP) is 1.87. The van der Waals surface area contributed by atoms with Crippen molar-refractivity contribution in [3.05, 3.63) is 29.8 Å².